The monoisotopic (exact) mass is 531 g/mol. The van der Waals surface area contributed by atoms with E-state index >= 15 is 0 Å². The van der Waals surface area contributed by atoms with Gasteiger partial charge in [0.05, 0.1) is 11.3 Å². The van der Waals surface area contributed by atoms with E-state index in [1.54, 1.807) is 12.1 Å². The largest absolute Gasteiger partial charge is 0.490 e. The summed E-state index contributed by atoms with van der Waals surface area (Å²) < 4.78 is 70.7. The van der Waals surface area contributed by atoms with Crippen molar-refractivity contribution in [3.05, 3.63) is 47.4 Å². The van der Waals surface area contributed by atoms with Crippen molar-refractivity contribution in [3.8, 4) is 17.3 Å². The number of aromatic nitrogens is 2. The Morgan fingerprint density at radius 3 is 2.46 bits per heavy atom. The molecule has 202 valence electrons. The number of benzene rings is 1. The molecular weight excluding hydrogens is 504 g/mol. The second kappa shape index (κ2) is 13.3. The highest BCUT2D eigenvalue weighted by Gasteiger charge is 2.38. The quantitative estimate of drug-likeness (QED) is 0.377. The first-order valence-corrected chi connectivity index (χ1v) is 11.5. The highest BCUT2D eigenvalue weighted by atomic mass is 19.4. The number of hydrogen-bond donors (Lipinski definition) is 2. The van der Waals surface area contributed by atoms with E-state index in [1.165, 1.54) is 25.5 Å². The molecule has 0 radical (unpaired) electrons. The van der Waals surface area contributed by atoms with Crippen LogP contribution < -0.4 is 5.32 Å². The summed E-state index contributed by atoms with van der Waals surface area (Å²) in [5.74, 6) is -2.79. The topological polar surface area (TPSA) is 102 Å². The number of aryl methyl sites for hydroxylation is 1. The fraction of sp³-hybridized carbons (Fsp3) is 0.500. The fourth-order valence-electron chi connectivity index (χ4n) is 3.81. The molecule has 1 aromatic carbocycles. The van der Waals surface area contributed by atoms with Gasteiger partial charge in [0.25, 0.3) is 0 Å². The predicted octanol–water partition coefficient (Wildman–Crippen LogP) is 4.67. The second-order valence-electron chi connectivity index (χ2n) is 8.48. The first kappa shape index (κ1) is 30.0. The van der Waals surface area contributed by atoms with Crippen molar-refractivity contribution >= 4 is 5.97 Å². The average Bonchev–Trinajstić information content (AvgIpc) is 3.25. The highest BCUT2D eigenvalue weighted by Crippen LogP contribution is 2.32. The second-order valence-corrected chi connectivity index (χ2v) is 8.48. The Hall–Kier alpha value is -3.24. The van der Waals surface area contributed by atoms with Crippen molar-refractivity contribution < 1.29 is 36.2 Å². The number of nitriles is 1. The van der Waals surface area contributed by atoms with Gasteiger partial charge < -0.3 is 15.3 Å². The van der Waals surface area contributed by atoms with Crippen LogP contribution in [-0.4, -0.2) is 64.8 Å². The molecule has 1 unspecified atom stereocenters. The van der Waals surface area contributed by atoms with Gasteiger partial charge in [-0.15, -0.1) is 0 Å². The number of rotatable bonds is 8. The van der Waals surface area contributed by atoms with E-state index in [0.29, 0.717) is 29.4 Å². The zero-order chi connectivity index (χ0) is 27.6. The Morgan fingerprint density at radius 2 is 1.89 bits per heavy atom. The first-order chi connectivity index (χ1) is 17.3. The van der Waals surface area contributed by atoms with Gasteiger partial charge in [0.2, 0.25) is 5.82 Å². The lowest BCUT2D eigenvalue weighted by Gasteiger charge is -2.19. The Morgan fingerprint density at radius 1 is 1.19 bits per heavy atom. The van der Waals surface area contributed by atoms with Gasteiger partial charge in [-0.25, -0.2) is 14.8 Å². The average molecular weight is 532 g/mol. The van der Waals surface area contributed by atoms with Crippen LogP contribution in [0.2, 0.25) is 0 Å². The van der Waals surface area contributed by atoms with Gasteiger partial charge in [-0.2, -0.15) is 31.6 Å². The summed E-state index contributed by atoms with van der Waals surface area (Å²) in [6, 6.07) is 9.21. The van der Waals surface area contributed by atoms with Gasteiger partial charge in [-0.05, 0) is 77.0 Å². The van der Waals surface area contributed by atoms with Gasteiger partial charge in [0.1, 0.15) is 6.07 Å². The molecule has 13 heteroatoms. The smallest absolute Gasteiger partial charge is 0.475 e. The van der Waals surface area contributed by atoms with E-state index in [0.717, 1.165) is 38.1 Å². The number of likely N-dealkylation sites (tertiary alicyclic amines) is 1. The van der Waals surface area contributed by atoms with Gasteiger partial charge in [0.15, 0.2) is 0 Å². The maximum absolute atomic E-state index is 13.0. The number of carboxylic acids is 1. The third-order valence-electron chi connectivity index (χ3n) is 5.72. The Balaban J connectivity index is 0.000000604. The van der Waals surface area contributed by atoms with E-state index in [-0.39, 0.29) is 5.82 Å². The highest BCUT2D eigenvalue weighted by molar-refractivity contribution is 5.73. The van der Waals surface area contributed by atoms with E-state index < -0.39 is 23.9 Å². The summed E-state index contributed by atoms with van der Waals surface area (Å²) in [4.78, 5) is 19.6. The number of nitrogens with one attached hydrogen (secondary N) is 1. The van der Waals surface area contributed by atoms with Gasteiger partial charge in [-0.3, -0.25) is 0 Å². The molecule has 3 rings (SSSR count). The maximum atomic E-state index is 13.0. The molecule has 2 heterocycles. The minimum absolute atomic E-state index is 0.0304. The maximum Gasteiger partial charge on any atom is 0.490 e. The summed E-state index contributed by atoms with van der Waals surface area (Å²) in [5, 5.41) is 19.8. The number of carboxylic acid groups (broad SMARTS) is 1. The third-order valence-corrected chi connectivity index (χ3v) is 5.72. The Kier molecular flexibility index (Phi) is 10.8. The van der Waals surface area contributed by atoms with Gasteiger partial charge >= 0.3 is 18.3 Å². The molecule has 0 aliphatic carbocycles. The summed E-state index contributed by atoms with van der Waals surface area (Å²) in [5.41, 5.74) is 0.575. The van der Waals surface area contributed by atoms with Crippen LogP contribution in [0.15, 0.2) is 30.3 Å². The lowest BCUT2D eigenvalue weighted by Crippen LogP contribution is -2.29. The van der Waals surface area contributed by atoms with E-state index in [9.17, 15) is 31.6 Å². The van der Waals surface area contributed by atoms with Crippen LogP contribution in [0.1, 0.15) is 42.8 Å². The lowest BCUT2D eigenvalue weighted by atomic mass is 10.1. The van der Waals surface area contributed by atoms with Crippen LogP contribution in [0.4, 0.5) is 26.3 Å². The standard InChI is InChI=1S/C22H26F3N5.C2HF3O2/c1-30-12-4-8-19(30)9-11-27-10-3-7-18-14-20(29-21(15-26)28-18)16-5-2-6-17(13-16)22(23,24)25;3-2(4,5)1(6)7/h2,5-6,13-14,19,27H,3-4,7-12H2,1H3;(H,6,7). The minimum Gasteiger partial charge on any atom is -0.475 e. The van der Waals surface area contributed by atoms with Gasteiger partial charge in [0, 0.05) is 17.3 Å². The summed E-state index contributed by atoms with van der Waals surface area (Å²) in [7, 11) is 2.17. The van der Waals surface area contributed by atoms with Crippen LogP contribution in [0, 0.1) is 11.3 Å². The molecule has 1 atom stereocenters. The first-order valence-electron chi connectivity index (χ1n) is 11.5. The molecule has 1 aromatic heterocycles. The third kappa shape index (κ3) is 9.97. The van der Waals surface area contributed by atoms with Crippen molar-refractivity contribution in [3.63, 3.8) is 0 Å². The van der Waals surface area contributed by atoms with Crippen LogP contribution in [0.3, 0.4) is 0 Å². The van der Waals surface area contributed by atoms with Crippen LogP contribution in [-0.2, 0) is 17.4 Å². The zero-order valence-corrected chi connectivity index (χ0v) is 20.0. The number of hydrogen-bond acceptors (Lipinski definition) is 6. The van der Waals surface area contributed by atoms with Crippen LogP contribution in [0.5, 0.6) is 0 Å². The molecule has 0 amide bonds. The number of halogens is 6. The molecule has 1 aliphatic rings. The lowest BCUT2D eigenvalue weighted by molar-refractivity contribution is -0.192. The van der Waals surface area contributed by atoms with Gasteiger partial charge in [-0.1, -0.05) is 12.1 Å². The van der Waals surface area contributed by atoms with E-state index in [4.69, 9.17) is 9.90 Å². The molecule has 2 N–H and O–H groups in total. The molecule has 0 saturated carbocycles. The normalized spacial score (nSPS) is 16.1. The van der Waals surface area contributed by atoms with Crippen LogP contribution >= 0.6 is 0 Å². The SMILES string of the molecule is CN1CCCC1CCNCCCc1cc(-c2cccc(C(F)(F)F)c2)nc(C#N)n1.O=C(O)C(F)(F)F. The zero-order valence-electron chi connectivity index (χ0n) is 20.0. The molecule has 1 saturated heterocycles. The Bertz CT molecular complexity index is 1080. The molecule has 0 bridgehead atoms. The Labute approximate surface area is 210 Å². The van der Waals surface area contributed by atoms with E-state index in [1.807, 2.05) is 6.07 Å². The molecule has 7 nitrogen and oxygen atoms in total. The van der Waals surface area contributed by atoms with Crippen molar-refractivity contribution in [2.75, 3.05) is 26.7 Å². The number of carbonyl (C=O) groups is 1. The number of aliphatic carboxylic acids is 1. The summed E-state index contributed by atoms with van der Waals surface area (Å²) in [6.07, 6.45) is -4.41. The van der Waals surface area contributed by atoms with E-state index in [2.05, 4.69) is 27.2 Å². The molecule has 0 spiro atoms. The minimum atomic E-state index is -5.08. The number of nitrogens with zero attached hydrogens (tertiary/aromatic N) is 4. The van der Waals surface area contributed by atoms with Crippen molar-refractivity contribution in [2.45, 2.75) is 50.5 Å². The molecule has 1 aliphatic heterocycles. The van der Waals surface area contributed by atoms with Crippen molar-refractivity contribution in [2.24, 2.45) is 0 Å². The summed E-state index contributed by atoms with van der Waals surface area (Å²) >= 11 is 0. The van der Waals surface area contributed by atoms with Crippen LogP contribution in [0.25, 0.3) is 11.3 Å². The molecule has 37 heavy (non-hydrogen) atoms. The van der Waals surface area contributed by atoms with Crippen molar-refractivity contribution in [1.82, 2.24) is 20.2 Å². The van der Waals surface area contributed by atoms with Crippen molar-refractivity contribution in [1.29, 1.82) is 5.26 Å². The molecule has 2 aromatic rings. The molecule has 1 fully saturated rings. The fourth-order valence-corrected chi connectivity index (χ4v) is 3.81. The molecular formula is C24H27F6N5O2. The summed E-state index contributed by atoms with van der Waals surface area (Å²) in [6.45, 7) is 2.95. The predicted molar refractivity (Wildman–Crippen MR) is 122 cm³/mol. The number of alkyl halides is 6.